The van der Waals surface area contributed by atoms with Gasteiger partial charge in [-0.3, -0.25) is 4.79 Å². The fourth-order valence-electron chi connectivity index (χ4n) is 2.77. The second-order valence-electron chi connectivity index (χ2n) is 5.59. The second kappa shape index (κ2) is 7.43. The fraction of sp³-hybridized carbons (Fsp3) is 0.562. The van der Waals surface area contributed by atoms with E-state index in [2.05, 4.69) is 5.32 Å². The van der Waals surface area contributed by atoms with Crippen molar-refractivity contribution in [2.24, 2.45) is 5.92 Å². The van der Waals surface area contributed by atoms with E-state index >= 15 is 0 Å². The first-order chi connectivity index (χ1) is 10.1. The number of hydrogen-bond acceptors (Lipinski definition) is 4. The standard InChI is InChI=1S/C16H23NO4/c1-21-14-5-2-11(3-6-14)4-7-16(20)17-13-8-12(10-18)15(19)9-13/h2-3,5-6,12-13,15,18-19H,4,7-10H2,1H3,(H,17,20)/t12-,13-,15-/m1/s1. The predicted octanol–water partition coefficient (Wildman–Crippen LogP) is 0.876. The van der Waals surface area contributed by atoms with Gasteiger partial charge in [0.25, 0.3) is 0 Å². The van der Waals surface area contributed by atoms with Crippen molar-refractivity contribution < 1.29 is 19.7 Å². The first-order valence-electron chi connectivity index (χ1n) is 7.33. The molecule has 0 saturated heterocycles. The molecular weight excluding hydrogens is 270 g/mol. The third kappa shape index (κ3) is 4.44. The van der Waals surface area contributed by atoms with Crippen molar-refractivity contribution in [1.29, 1.82) is 0 Å². The maximum Gasteiger partial charge on any atom is 0.220 e. The van der Waals surface area contributed by atoms with Crippen LogP contribution >= 0.6 is 0 Å². The minimum absolute atomic E-state index is 0.0124. The number of aliphatic hydroxyl groups is 2. The van der Waals surface area contributed by atoms with Crippen LogP contribution in [0.25, 0.3) is 0 Å². The Bertz CT molecular complexity index is 460. The summed E-state index contributed by atoms with van der Waals surface area (Å²) < 4.78 is 5.09. The zero-order chi connectivity index (χ0) is 15.2. The highest BCUT2D eigenvalue weighted by molar-refractivity contribution is 5.76. The highest BCUT2D eigenvalue weighted by atomic mass is 16.5. The Kier molecular flexibility index (Phi) is 5.59. The van der Waals surface area contributed by atoms with Gasteiger partial charge in [0.05, 0.1) is 13.2 Å². The minimum Gasteiger partial charge on any atom is -0.497 e. The minimum atomic E-state index is -0.512. The molecule has 1 aliphatic carbocycles. The molecule has 1 aliphatic rings. The Hall–Kier alpha value is -1.59. The maximum absolute atomic E-state index is 11.9. The van der Waals surface area contributed by atoms with Crippen molar-refractivity contribution >= 4 is 5.91 Å². The first-order valence-corrected chi connectivity index (χ1v) is 7.33. The average Bonchev–Trinajstić information content (AvgIpc) is 2.85. The number of aliphatic hydroxyl groups excluding tert-OH is 2. The number of carbonyl (C=O) groups is 1. The Morgan fingerprint density at radius 1 is 1.33 bits per heavy atom. The summed E-state index contributed by atoms with van der Waals surface area (Å²) in [4.78, 5) is 11.9. The van der Waals surface area contributed by atoms with Crippen LogP contribution in [0.5, 0.6) is 5.75 Å². The number of benzene rings is 1. The third-order valence-electron chi connectivity index (χ3n) is 4.06. The topological polar surface area (TPSA) is 78.8 Å². The average molecular weight is 293 g/mol. The Morgan fingerprint density at radius 3 is 2.62 bits per heavy atom. The number of aryl methyl sites for hydroxylation is 1. The Labute approximate surface area is 124 Å². The largest absolute Gasteiger partial charge is 0.497 e. The van der Waals surface area contributed by atoms with Gasteiger partial charge in [0, 0.05) is 25.0 Å². The molecule has 0 radical (unpaired) electrons. The van der Waals surface area contributed by atoms with E-state index in [1.807, 2.05) is 24.3 Å². The molecule has 3 N–H and O–H groups in total. The molecule has 0 aromatic heterocycles. The zero-order valence-electron chi connectivity index (χ0n) is 12.3. The lowest BCUT2D eigenvalue weighted by molar-refractivity contribution is -0.121. The van der Waals surface area contributed by atoms with E-state index in [9.17, 15) is 9.90 Å². The zero-order valence-corrected chi connectivity index (χ0v) is 12.3. The molecule has 0 aliphatic heterocycles. The van der Waals surface area contributed by atoms with Gasteiger partial charge in [0.2, 0.25) is 5.91 Å². The summed E-state index contributed by atoms with van der Waals surface area (Å²) in [5, 5.41) is 21.7. The maximum atomic E-state index is 11.9. The summed E-state index contributed by atoms with van der Waals surface area (Å²) in [6.45, 7) is -0.0284. The van der Waals surface area contributed by atoms with Gasteiger partial charge in [0.1, 0.15) is 5.75 Å². The Balaban J connectivity index is 1.74. The van der Waals surface area contributed by atoms with E-state index in [1.54, 1.807) is 7.11 Å². The Morgan fingerprint density at radius 2 is 2.05 bits per heavy atom. The monoisotopic (exact) mass is 293 g/mol. The molecule has 21 heavy (non-hydrogen) atoms. The van der Waals surface area contributed by atoms with E-state index in [-0.39, 0.29) is 24.5 Å². The van der Waals surface area contributed by atoms with Gasteiger partial charge in [-0.05, 0) is 37.0 Å². The van der Waals surface area contributed by atoms with Gasteiger partial charge >= 0.3 is 0 Å². The number of hydrogen-bond donors (Lipinski definition) is 3. The lowest BCUT2D eigenvalue weighted by Gasteiger charge is -2.12. The van der Waals surface area contributed by atoms with Gasteiger partial charge in [-0.15, -0.1) is 0 Å². The predicted molar refractivity (Wildman–Crippen MR) is 79.1 cm³/mol. The quantitative estimate of drug-likeness (QED) is 0.727. The van der Waals surface area contributed by atoms with Crippen LogP contribution in [-0.2, 0) is 11.2 Å². The van der Waals surface area contributed by atoms with Crippen LogP contribution in [0, 0.1) is 5.92 Å². The van der Waals surface area contributed by atoms with E-state index in [0.29, 0.717) is 25.7 Å². The summed E-state index contributed by atoms with van der Waals surface area (Å²) in [6, 6.07) is 7.64. The highest BCUT2D eigenvalue weighted by Gasteiger charge is 2.32. The molecule has 1 fully saturated rings. The number of ether oxygens (including phenoxy) is 1. The molecule has 0 bridgehead atoms. The lowest BCUT2D eigenvalue weighted by atomic mass is 10.1. The van der Waals surface area contributed by atoms with Crippen LogP contribution in [0.4, 0.5) is 0 Å². The SMILES string of the molecule is COc1ccc(CCC(=O)N[C@@H]2C[C@H](CO)[C@H](O)C2)cc1. The molecule has 1 saturated carbocycles. The molecule has 1 amide bonds. The van der Waals surface area contributed by atoms with Crippen molar-refractivity contribution in [3.63, 3.8) is 0 Å². The van der Waals surface area contributed by atoms with Crippen molar-refractivity contribution in [2.45, 2.75) is 37.8 Å². The van der Waals surface area contributed by atoms with Crippen molar-refractivity contribution in [2.75, 3.05) is 13.7 Å². The van der Waals surface area contributed by atoms with Crippen molar-refractivity contribution in [3.8, 4) is 5.75 Å². The van der Waals surface area contributed by atoms with Gasteiger partial charge in [0.15, 0.2) is 0 Å². The van der Waals surface area contributed by atoms with Crippen LogP contribution in [0.1, 0.15) is 24.8 Å². The van der Waals surface area contributed by atoms with Crippen LogP contribution in [-0.4, -0.2) is 42.0 Å². The fourth-order valence-corrected chi connectivity index (χ4v) is 2.77. The lowest BCUT2D eigenvalue weighted by Crippen LogP contribution is -2.33. The van der Waals surface area contributed by atoms with Crippen LogP contribution in [0.15, 0.2) is 24.3 Å². The van der Waals surface area contributed by atoms with Crippen molar-refractivity contribution in [3.05, 3.63) is 29.8 Å². The smallest absolute Gasteiger partial charge is 0.220 e. The van der Waals surface area contributed by atoms with E-state index in [4.69, 9.17) is 9.84 Å². The summed E-state index contributed by atoms with van der Waals surface area (Å²) >= 11 is 0. The van der Waals surface area contributed by atoms with Crippen molar-refractivity contribution in [1.82, 2.24) is 5.32 Å². The molecule has 0 spiro atoms. The number of methoxy groups -OCH3 is 1. The van der Waals surface area contributed by atoms with Gasteiger partial charge < -0.3 is 20.3 Å². The summed E-state index contributed by atoms with van der Waals surface area (Å²) in [6.07, 6.45) is 1.75. The molecule has 5 nitrogen and oxygen atoms in total. The molecular formula is C16H23NO4. The number of carbonyl (C=O) groups excluding carboxylic acids is 1. The molecule has 1 aromatic rings. The molecule has 1 aromatic carbocycles. The van der Waals surface area contributed by atoms with E-state index in [0.717, 1.165) is 11.3 Å². The summed E-state index contributed by atoms with van der Waals surface area (Å²) in [5.74, 6) is 0.677. The first kappa shape index (κ1) is 15.8. The van der Waals surface area contributed by atoms with Crippen LogP contribution in [0.3, 0.4) is 0 Å². The van der Waals surface area contributed by atoms with Crippen LogP contribution in [0.2, 0.25) is 0 Å². The van der Waals surface area contributed by atoms with E-state index in [1.165, 1.54) is 0 Å². The summed E-state index contributed by atoms with van der Waals surface area (Å²) in [5.41, 5.74) is 1.09. The molecule has 116 valence electrons. The molecule has 0 unspecified atom stereocenters. The highest BCUT2D eigenvalue weighted by Crippen LogP contribution is 2.25. The van der Waals surface area contributed by atoms with Gasteiger partial charge in [-0.2, -0.15) is 0 Å². The van der Waals surface area contributed by atoms with Gasteiger partial charge in [-0.1, -0.05) is 12.1 Å². The molecule has 5 heteroatoms. The summed E-state index contributed by atoms with van der Waals surface area (Å²) in [7, 11) is 1.62. The molecule has 3 atom stereocenters. The number of rotatable bonds is 6. The molecule has 0 heterocycles. The third-order valence-corrected chi connectivity index (χ3v) is 4.06. The number of amides is 1. The number of nitrogens with one attached hydrogen (secondary N) is 1. The normalized spacial score (nSPS) is 24.8. The second-order valence-corrected chi connectivity index (χ2v) is 5.59. The molecule has 2 rings (SSSR count). The van der Waals surface area contributed by atoms with Crippen LogP contribution < -0.4 is 10.1 Å². The van der Waals surface area contributed by atoms with E-state index < -0.39 is 6.10 Å². The van der Waals surface area contributed by atoms with Gasteiger partial charge in [-0.25, -0.2) is 0 Å².